The second-order valence-corrected chi connectivity index (χ2v) is 5.52. The van der Waals surface area contributed by atoms with E-state index in [9.17, 15) is 4.79 Å². The molecule has 1 aromatic heterocycles. The molecule has 1 saturated heterocycles. The van der Waals surface area contributed by atoms with Crippen LogP contribution in [-0.4, -0.2) is 16.0 Å². The summed E-state index contributed by atoms with van der Waals surface area (Å²) in [4.78, 5) is 14.2. The van der Waals surface area contributed by atoms with Gasteiger partial charge in [0.1, 0.15) is 0 Å². The number of likely N-dealkylation sites (tertiary alicyclic amines) is 1. The van der Waals surface area contributed by atoms with Gasteiger partial charge in [0.05, 0.1) is 0 Å². The molecule has 0 radical (unpaired) electrons. The van der Waals surface area contributed by atoms with Crippen molar-refractivity contribution in [1.29, 1.82) is 0 Å². The Labute approximate surface area is 119 Å². The fourth-order valence-corrected chi connectivity index (χ4v) is 2.99. The van der Waals surface area contributed by atoms with Crippen LogP contribution in [0.25, 0.3) is 0 Å². The van der Waals surface area contributed by atoms with Gasteiger partial charge in [-0.2, -0.15) is 0 Å². The summed E-state index contributed by atoms with van der Waals surface area (Å²) in [5.41, 5.74) is 2.56. The Balaban J connectivity index is 1.79. The number of nitrogens with zero attached hydrogens (tertiary/aromatic N) is 2. The first kappa shape index (κ1) is 13.1. The Morgan fingerprint density at radius 2 is 2.00 bits per heavy atom. The first-order valence-electron chi connectivity index (χ1n) is 7.18. The van der Waals surface area contributed by atoms with Crippen molar-refractivity contribution in [3.05, 3.63) is 70.1 Å². The zero-order chi connectivity index (χ0) is 13.9. The first-order valence-corrected chi connectivity index (χ1v) is 7.18. The van der Waals surface area contributed by atoms with Crippen LogP contribution < -0.4 is 5.56 Å². The molecular weight excluding hydrogens is 248 g/mol. The van der Waals surface area contributed by atoms with Gasteiger partial charge in [-0.15, -0.1) is 0 Å². The van der Waals surface area contributed by atoms with Crippen LogP contribution in [-0.2, 0) is 13.6 Å². The molecule has 0 spiro atoms. The van der Waals surface area contributed by atoms with E-state index in [0.717, 1.165) is 18.7 Å². The minimum absolute atomic E-state index is 0.0676. The first-order chi connectivity index (χ1) is 9.74. The van der Waals surface area contributed by atoms with E-state index in [1.807, 2.05) is 12.3 Å². The lowest BCUT2D eigenvalue weighted by atomic mass is 10.0. The molecule has 104 valence electrons. The average molecular weight is 268 g/mol. The van der Waals surface area contributed by atoms with Crippen molar-refractivity contribution in [2.45, 2.75) is 25.4 Å². The SMILES string of the molecule is Cn1ccc(CN2CCCC2c2ccccc2)cc1=O. The largest absolute Gasteiger partial charge is 0.319 e. The third-order valence-corrected chi connectivity index (χ3v) is 4.10. The Kier molecular flexibility index (Phi) is 3.70. The van der Waals surface area contributed by atoms with E-state index in [1.165, 1.54) is 18.4 Å². The summed E-state index contributed by atoms with van der Waals surface area (Å²) in [5, 5.41) is 0. The lowest BCUT2D eigenvalue weighted by molar-refractivity contribution is 0.248. The van der Waals surface area contributed by atoms with Crippen molar-refractivity contribution in [2.24, 2.45) is 7.05 Å². The topological polar surface area (TPSA) is 25.2 Å². The van der Waals surface area contributed by atoms with Crippen molar-refractivity contribution in [2.75, 3.05) is 6.54 Å². The van der Waals surface area contributed by atoms with Gasteiger partial charge in [-0.25, -0.2) is 0 Å². The molecule has 1 aromatic carbocycles. The molecule has 1 fully saturated rings. The second-order valence-electron chi connectivity index (χ2n) is 5.52. The molecule has 2 heterocycles. The highest BCUT2D eigenvalue weighted by Gasteiger charge is 2.25. The molecule has 1 unspecified atom stereocenters. The van der Waals surface area contributed by atoms with Crippen LogP contribution in [0.4, 0.5) is 0 Å². The molecular formula is C17H20N2O. The molecule has 0 amide bonds. The number of benzene rings is 1. The minimum atomic E-state index is 0.0676. The zero-order valence-corrected chi connectivity index (χ0v) is 11.8. The highest BCUT2D eigenvalue weighted by atomic mass is 16.1. The van der Waals surface area contributed by atoms with Crippen molar-refractivity contribution in [3.8, 4) is 0 Å². The van der Waals surface area contributed by atoms with E-state index < -0.39 is 0 Å². The molecule has 3 rings (SSSR count). The van der Waals surface area contributed by atoms with Gasteiger partial charge in [-0.1, -0.05) is 30.3 Å². The van der Waals surface area contributed by atoms with E-state index in [2.05, 4.69) is 35.2 Å². The Hall–Kier alpha value is -1.87. The average Bonchev–Trinajstić information content (AvgIpc) is 2.92. The summed E-state index contributed by atoms with van der Waals surface area (Å²) in [6.45, 7) is 1.96. The third-order valence-electron chi connectivity index (χ3n) is 4.10. The van der Waals surface area contributed by atoms with Crippen molar-refractivity contribution < 1.29 is 0 Å². The molecule has 3 nitrogen and oxygen atoms in total. The predicted molar refractivity (Wildman–Crippen MR) is 80.5 cm³/mol. The third kappa shape index (κ3) is 2.68. The summed E-state index contributed by atoms with van der Waals surface area (Å²) in [5.74, 6) is 0. The predicted octanol–water partition coefficient (Wildman–Crippen LogP) is 2.72. The lowest BCUT2D eigenvalue weighted by Gasteiger charge is -2.24. The molecule has 0 bridgehead atoms. The smallest absolute Gasteiger partial charge is 0.250 e. The van der Waals surface area contributed by atoms with Crippen LogP contribution in [0.2, 0.25) is 0 Å². The monoisotopic (exact) mass is 268 g/mol. The number of hydrogen-bond donors (Lipinski definition) is 0. The van der Waals surface area contributed by atoms with Crippen LogP contribution in [0.15, 0.2) is 53.5 Å². The van der Waals surface area contributed by atoms with Crippen LogP contribution in [0.3, 0.4) is 0 Å². The van der Waals surface area contributed by atoms with Crippen molar-refractivity contribution in [3.63, 3.8) is 0 Å². The minimum Gasteiger partial charge on any atom is -0.319 e. The number of pyridine rings is 1. The summed E-state index contributed by atoms with van der Waals surface area (Å²) in [7, 11) is 1.79. The van der Waals surface area contributed by atoms with Gasteiger partial charge in [0.15, 0.2) is 0 Å². The maximum Gasteiger partial charge on any atom is 0.250 e. The zero-order valence-electron chi connectivity index (χ0n) is 11.8. The maximum atomic E-state index is 11.7. The molecule has 1 aliphatic heterocycles. The quantitative estimate of drug-likeness (QED) is 0.855. The molecule has 2 aromatic rings. The molecule has 1 aliphatic rings. The fourth-order valence-electron chi connectivity index (χ4n) is 2.99. The summed E-state index contributed by atoms with van der Waals surface area (Å²) in [6.07, 6.45) is 4.28. The van der Waals surface area contributed by atoms with E-state index in [1.54, 1.807) is 17.7 Å². The van der Waals surface area contributed by atoms with Gasteiger partial charge >= 0.3 is 0 Å². The number of aromatic nitrogens is 1. The van der Waals surface area contributed by atoms with Crippen LogP contribution in [0.1, 0.15) is 30.0 Å². The maximum absolute atomic E-state index is 11.7. The van der Waals surface area contributed by atoms with Gasteiger partial charge in [0.25, 0.3) is 5.56 Å². The van der Waals surface area contributed by atoms with Crippen LogP contribution in [0.5, 0.6) is 0 Å². The fraction of sp³-hybridized carbons (Fsp3) is 0.353. The highest BCUT2D eigenvalue weighted by Crippen LogP contribution is 2.32. The summed E-state index contributed by atoms with van der Waals surface area (Å²) < 4.78 is 1.61. The molecule has 1 atom stereocenters. The Morgan fingerprint density at radius 1 is 1.20 bits per heavy atom. The van der Waals surface area contributed by atoms with E-state index in [0.29, 0.717) is 6.04 Å². The number of aryl methyl sites for hydroxylation is 1. The molecule has 0 saturated carbocycles. The van der Waals surface area contributed by atoms with Gasteiger partial charge < -0.3 is 4.57 Å². The van der Waals surface area contributed by atoms with Gasteiger partial charge in [0.2, 0.25) is 0 Å². The van der Waals surface area contributed by atoms with Crippen LogP contribution >= 0.6 is 0 Å². The van der Waals surface area contributed by atoms with E-state index in [4.69, 9.17) is 0 Å². The molecule has 0 N–H and O–H groups in total. The van der Waals surface area contributed by atoms with Crippen molar-refractivity contribution in [1.82, 2.24) is 9.47 Å². The number of hydrogen-bond acceptors (Lipinski definition) is 2. The molecule has 3 heteroatoms. The van der Waals surface area contributed by atoms with Gasteiger partial charge in [0, 0.05) is 31.9 Å². The molecule has 20 heavy (non-hydrogen) atoms. The number of rotatable bonds is 3. The highest BCUT2D eigenvalue weighted by molar-refractivity contribution is 5.21. The Morgan fingerprint density at radius 3 is 2.75 bits per heavy atom. The summed E-state index contributed by atoms with van der Waals surface area (Å²) in [6, 6.07) is 14.9. The normalized spacial score (nSPS) is 19.4. The van der Waals surface area contributed by atoms with Crippen molar-refractivity contribution >= 4 is 0 Å². The Bertz CT molecular complexity index is 633. The standard InChI is InChI=1S/C17H20N2O/c1-18-11-9-14(12-17(18)20)13-19-10-5-8-16(19)15-6-3-2-4-7-15/h2-4,6-7,9,11-12,16H,5,8,10,13H2,1H3. The van der Waals surface area contributed by atoms with E-state index >= 15 is 0 Å². The van der Waals surface area contributed by atoms with Gasteiger partial charge in [-0.3, -0.25) is 9.69 Å². The van der Waals surface area contributed by atoms with Gasteiger partial charge in [-0.05, 0) is 36.6 Å². The van der Waals surface area contributed by atoms with Crippen LogP contribution in [0, 0.1) is 0 Å². The second kappa shape index (κ2) is 5.63. The molecule has 0 aliphatic carbocycles. The lowest BCUT2D eigenvalue weighted by Crippen LogP contribution is -2.24. The summed E-state index contributed by atoms with van der Waals surface area (Å²) >= 11 is 0. The van der Waals surface area contributed by atoms with E-state index in [-0.39, 0.29) is 5.56 Å².